The fraction of sp³-hybridized carbons (Fsp3) is 0.111. The van der Waals surface area contributed by atoms with Crippen LogP contribution in [-0.4, -0.2) is 20.3 Å². The Bertz CT molecular complexity index is 544. The van der Waals surface area contributed by atoms with Crippen LogP contribution in [0.2, 0.25) is 0 Å². The highest BCUT2D eigenvalue weighted by Gasteiger charge is 2.09. The average Bonchev–Trinajstić information content (AvgIpc) is 2.20. The van der Waals surface area contributed by atoms with E-state index in [1.165, 1.54) is 0 Å². The molecule has 0 aromatic carbocycles. The Balaban J connectivity index is 2.88. The van der Waals surface area contributed by atoms with Crippen molar-refractivity contribution in [2.24, 2.45) is 0 Å². The summed E-state index contributed by atoms with van der Waals surface area (Å²) in [5.41, 5.74) is 1.45. The molecule has 14 heavy (non-hydrogen) atoms. The average molecular weight is 186 g/mol. The number of rotatable bonds is 0. The standard InChI is InChI=1S/C9H6N4O/c1-5-2-3-6-8(11-5)9(14)7(4-10)13-12-6/h2-3H,1H3,(H,12,14). The summed E-state index contributed by atoms with van der Waals surface area (Å²) in [6.07, 6.45) is 0. The molecular formula is C9H6N4O. The van der Waals surface area contributed by atoms with Gasteiger partial charge in [-0.25, -0.2) is 4.98 Å². The first kappa shape index (κ1) is 8.38. The Morgan fingerprint density at radius 3 is 2.86 bits per heavy atom. The van der Waals surface area contributed by atoms with E-state index in [0.29, 0.717) is 11.0 Å². The molecule has 0 aliphatic heterocycles. The number of aromatic hydroxyl groups is 1. The van der Waals surface area contributed by atoms with Gasteiger partial charge in [0.05, 0.1) is 0 Å². The van der Waals surface area contributed by atoms with Gasteiger partial charge in [-0.2, -0.15) is 5.26 Å². The summed E-state index contributed by atoms with van der Waals surface area (Å²) in [6.45, 7) is 1.80. The molecule has 0 saturated carbocycles. The second kappa shape index (κ2) is 2.92. The molecule has 0 aliphatic rings. The molecule has 2 aromatic rings. The first-order chi connectivity index (χ1) is 6.72. The summed E-state index contributed by atoms with van der Waals surface area (Å²) in [6, 6.07) is 5.21. The van der Waals surface area contributed by atoms with Crippen LogP contribution in [0, 0.1) is 18.3 Å². The van der Waals surface area contributed by atoms with Gasteiger partial charge >= 0.3 is 0 Å². The molecule has 0 atom stereocenters. The predicted octanol–water partition coefficient (Wildman–Crippen LogP) is 0.910. The zero-order valence-corrected chi connectivity index (χ0v) is 7.39. The second-order valence-electron chi connectivity index (χ2n) is 2.83. The Kier molecular flexibility index (Phi) is 1.75. The zero-order valence-electron chi connectivity index (χ0n) is 7.39. The highest BCUT2D eigenvalue weighted by atomic mass is 16.3. The van der Waals surface area contributed by atoms with Gasteiger partial charge in [-0.05, 0) is 19.1 Å². The van der Waals surface area contributed by atoms with Crippen LogP contribution in [0.4, 0.5) is 0 Å². The van der Waals surface area contributed by atoms with Gasteiger partial charge in [-0.3, -0.25) is 0 Å². The van der Waals surface area contributed by atoms with Gasteiger partial charge in [0.25, 0.3) is 0 Å². The largest absolute Gasteiger partial charge is 0.503 e. The molecular weight excluding hydrogens is 180 g/mol. The lowest BCUT2D eigenvalue weighted by Crippen LogP contribution is -1.93. The highest BCUT2D eigenvalue weighted by molar-refractivity contribution is 5.81. The van der Waals surface area contributed by atoms with E-state index in [-0.39, 0.29) is 11.4 Å². The summed E-state index contributed by atoms with van der Waals surface area (Å²) < 4.78 is 0. The van der Waals surface area contributed by atoms with Crippen LogP contribution in [0.5, 0.6) is 5.75 Å². The van der Waals surface area contributed by atoms with Crippen molar-refractivity contribution in [1.82, 2.24) is 15.2 Å². The van der Waals surface area contributed by atoms with Gasteiger partial charge in [0, 0.05) is 5.69 Å². The summed E-state index contributed by atoms with van der Waals surface area (Å²) in [4.78, 5) is 4.08. The third-order valence-corrected chi connectivity index (χ3v) is 1.83. The smallest absolute Gasteiger partial charge is 0.206 e. The number of fused-ring (bicyclic) bond motifs is 1. The molecule has 0 radical (unpaired) electrons. The number of nitriles is 1. The third-order valence-electron chi connectivity index (χ3n) is 1.83. The maximum Gasteiger partial charge on any atom is 0.206 e. The Hall–Kier alpha value is -2.22. The number of aromatic nitrogens is 3. The number of hydrogen-bond donors (Lipinski definition) is 1. The van der Waals surface area contributed by atoms with Crippen molar-refractivity contribution in [2.75, 3.05) is 0 Å². The normalized spacial score (nSPS) is 10.0. The maximum absolute atomic E-state index is 9.59. The molecule has 0 saturated heterocycles. The van der Waals surface area contributed by atoms with Crippen LogP contribution in [0.25, 0.3) is 11.0 Å². The van der Waals surface area contributed by atoms with Crippen molar-refractivity contribution in [3.63, 3.8) is 0 Å². The quantitative estimate of drug-likeness (QED) is 0.661. The molecule has 2 aromatic heterocycles. The molecule has 0 aliphatic carbocycles. The lowest BCUT2D eigenvalue weighted by atomic mass is 10.2. The highest BCUT2D eigenvalue weighted by Crippen LogP contribution is 2.22. The molecule has 5 nitrogen and oxygen atoms in total. The predicted molar refractivity (Wildman–Crippen MR) is 48.4 cm³/mol. The van der Waals surface area contributed by atoms with Gasteiger partial charge in [0.1, 0.15) is 17.1 Å². The van der Waals surface area contributed by atoms with Gasteiger partial charge in [-0.1, -0.05) is 0 Å². The fourth-order valence-electron chi connectivity index (χ4n) is 1.14. The molecule has 0 unspecified atom stereocenters. The molecule has 0 spiro atoms. The molecule has 0 bridgehead atoms. The zero-order chi connectivity index (χ0) is 10.1. The van der Waals surface area contributed by atoms with Crippen molar-refractivity contribution < 1.29 is 5.11 Å². The molecule has 68 valence electrons. The van der Waals surface area contributed by atoms with E-state index in [4.69, 9.17) is 5.26 Å². The van der Waals surface area contributed by atoms with E-state index in [1.54, 1.807) is 25.1 Å². The molecule has 0 fully saturated rings. The van der Waals surface area contributed by atoms with E-state index in [9.17, 15) is 5.11 Å². The monoisotopic (exact) mass is 186 g/mol. The summed E-state index contributed by atoms with van der Waals surface area (Å²) in [5, 5.41) is 25.5. The Morgan fingerprint density at radius 1 is 1.36 bits per heavy atom. The Morgan fingerprint density at radius 2 is 2.14 bits per heavy atom. The van der Waals surface area contributed by atoms with Crippen LogP contribution in [-0.2, 0) is 0 Å². The van der Waals surface area contributed by atoms with Crippen molar-refractivity contribution in [3.05, 3.63) is 23.5 Å². The minimum Gasteiger partial charge on any atom is -0.503 e. The van der Waals surface area contributed by atoms with Gasteiger partial charge in [0.2, 0.25) is 5.69 Å². The number of pyridine rings is 1. The van der Waals surface area contributed by atoms with E-state index in [0.717, 1.165) is 5.69 Å². The minimum atomic E-state index is -0.207. The number of aryl methyl sites for hydroxylation is 1. The van der Waals surface area contributed by atoms with E-state index in [1.807, 2.05) is 0 Å². The minimum absolute atomic E-state index is 0.101. The van der Waals surface area contributed by atoms with Crippen molar-refractivity contribution in [3.8, 4) is 11.8 Å². The van der Waals surface area contributed by atoms with Crippen molar-refractivity contribution in [1.29, 1.82) is 5.26 Å². The second-order valence-corrected chi connectivity index (χ2v) is 2.83. The first-order valence-electron chi connectivity index (χ1n) is 3.95. The fourth-order valence-corrected chi connectivity index (χ4v) is 1.14. The van der Waals surface area contributed by atoms with Gasteiger partial charge < -0.3 is 5.11 Å². The van der Waals surface area contributed by atoms with Crippen molar-refractivity contribution in [2.45, 2.75) is 6.92 Å². The molecule has 1 N–H and O–H groups in total. The summed E-state index contributed by atoms with van der Waals surface area (Å²) in [7, 11) is 0. The SMILES string of the molecule is Cc1ccc2nnc(C#N)c(O)c2n1. The van der Waals surface area contributed by atoms with E-state index >= 15 is 0 Å². The van der Waals surface area contributed by atoms with Crippen LogP contribution in [0.1, 0.15) is 11.4 Å². The topological polar surface area (TPSA) is 82.7 Å². The molecule has 2 rings (SSSR count). The third kappa shape index (κ3) is 1.13. The Labute approximate surface area is 79.7 Å². The molecule has 0 amide bonds. The summed E-state index contributed by atoms with van der Waals surface area (Å²) >= 11 is 0. The lowest BCUT2D eigenvalue weighted by molar-refractivity contribution is 0.474. The van der Waals surface area contributed by atoms with E-state index in [2.05, 4.69) is 15.2 Å². The number of nitrogens with zero attached hydrogens (tertiary/aromatic N) is 4. The number of hydrogen-bond acceptors (Lipinski definition) is 5. The van der Waals surface area contributed by atoms with Crippen molar-refractivity contribution >= 4 is 11.0 Å². The molecule has 2 heterocycles. The van der Waals surface area contributed by atoms with Crippen LogP contribution in [0.15, 0.2) is 12.1 Å². The van der Waals surface area contributed by atoms with E-state index < -0.39 is 0 Å². The van der Waals surface area contributed by atoms with Crippen LogP contribution < -0.4 is 0 Å². The first-order valence-corrected chi connectivity index (χ1v) is 3.95. The maximum atomic E-state index is 9.59. The van der Waals surface area contributed by atoms with Crippen LogP contribution in [0.3, 0.4) is 0 Å². The lowest BCUT2D eigenvalue weighted by Gasteiger charge is -2.00. The van der Waals surface area contributed by atoms with Gasteiger partial charge in [-0.15, -0.1) is 10.2 Å². The summed E-state index contributed by atoms with van der Waals surface area (Å²) in [5.74, 6) is -0.207. The van der Waals surface area contributed by atoms with Gasteiger partial charge in [0.15, 0.2) is 5.75 Å². The molecule has 5 heteroatoms. The van der Waals surface area contributed by atoms with Crippen LogP contribution >= 0.6 is 0 Å².